The molecule has 1 heterocycles. The molecule has 4 nitrogen and oxygen atoms in total. The van der Waals surface area contributed by atoms with Crippen LogP contribution in [0.3, 0.4) is 0 Å². The number of nitrogen functional groups attached to an aromatic ring is 1. The molecule has 0 radical (unpaired) electrons. The fourth-order valence-corrected chi connectivity index (χ4v) is 2.77. The SMILES string of the molecule is CC(Cn1c(N)nc2c(Cl)cccc21)N(C)C1CC1. The molecular weight excluding hydrogens is 260 g/mol. The zero-order valence-electron chi connectivity index (χ0n) is 11.3. The fraction of sp³-hybridized carbons (Fsp3) is 0.500. The third-order valence-corrected chi connectivity index (χ3v) is 4.33. The smallest absolute Gasteiger partial charge is 0.201 e. The molecule has 1 unspecified atom stereocenters. The van der Waals surface area contributed by atoms with E-state index < -0.39 is 0 Å². The van der Waals surface area contributed by atoms with Crippen LogP contribution in [0, 0.1) is 0 Å². The number of rotatable bonds is 4. The second kappa shape index (κ2) is 4.69. The van der Waals surface area contributed by atoms with E-state index in [1.54, 1.807) is 0 Å². The standard InChI is InChI=1S/C14H19ClN4/c1-9(18(2)10-6-7-10)8-19-12-5-3-4-11(15)13(12)17-14(19)16/h3-5,9-10H,6-8H2,1-2H3,(H2,16,17). The van der Waals surface area contributed by atoms with Crippen molar-refractivity contribution >= 4 is 28.6 Å². The van der Waals surface area contributed by atoms with Gasteiger partial charge in [-0.1, -0.05) is 17.7 Å². The molecule has 0 aliphatic heterocycles. The second-order valence-corrected chi connectivity index (χ2v) is 5.84. The lowest BCUT2D eigenvalue weighted by Crippen LogP contribution is -2.34. The lowest BCUT2D eigenvalue weighted by molar-refractivity contribution is 0.228. The number of aromatic nitrogens is 2. The van der Waals surface area contributed by atoms with E-state index >= 15 is 0 Å². The molecule has 1 atom stereocenters. The number of likely N-dealkylation sites (N-methyl/N-ethyl adjacent to an activating group) is 1. The molecule has 1 aliphatic rings. The highest BCUT2D eigenvalue weighted by atomic mass is 35.5. The summed E-state index contributed by atoms with van der Waals surface area (Å²) in [7, 11) is 2.19. The summed E-state index contributed by atoms with van der Waals surface area (Å²) in [5.74, 6) is 0.541. The van der Waals surface area contributed by atoms with Gasteiger partial charge in [-0.3, -0.25) is 4.90 Å². The molecule has 5 heteroatoms. The molecule has 3 rings (SSSR count). The Balaban J connectivity index is 1.91. The molecule has 1 fully saturated rings. The van der Waals surface area contributed by atoms with E-state index in [1.807, 2.05) is 18.2 Å². The second-order valence-electron chi connectivity index (χ2n) is 5.43. The Kier molecular flexibility index (Phi) is 3.15. The van der Waals surface area contributed by atoms with Crippen molar-refractivity contribution in [1.29, 1.82) is 0 Å². The summed E-state index contributed by atoms with van der Waals surface area (Å²) < 4.78 is 2.06. The molecule has 0 spiro atoms. The van der Waals surface area contributed by atoms with E-state index in [4.69, 9.17) is 17.3 Å². The molecule has 1 aliphatic carbocycles. The van der Waals surface area contributed by atoms with Gasteiger partial charge in [-0.25, -0.2) is 4.98 Å². The van der Waals surface area contributed by atoms with E-state index in [0.717, 1.165) is 23.6 Å². The molecule has 0 bridgehead atoms. The molecule has 19 heavy (non-hydrogen) atoms. The molecule has 102 valence electrons. The highest BCUT2D eigenvalue weighted by Gasteiger charge is 2.29. The van der Waals surface area contributed by atoms with Crippen LogP contribution in [0.15, 0.2) is 18.2 Å². The maximum Gasteiger partial charge on any atom is 0.201 e. The van der Waals surface area contributed by atoms with Crippen molar-refractivity contribution in [3.63, 3.8) is 0 Å². The third kappa shape index (κ3) is 2.30. The monoisotopic (exact) mass is 278 g/mol. The number of nitrogens with two attached hydrogens (primary N) is 1. The van der Waals surface area contributed by atoms with Gasteiger partial charge in [0.1, 0.15) is 5.52 Å². The zero-order valence-corrected chi connectivity index (χ0v) is 12.1. The van der Waals surface area contributed by atoms with Crippen molar-refractivity contribution in [2.45, 2.75) is 38.4 Å². The van der Waals surface area contributed by atoms with Crippen molar-refractivity contribution in [3.05, 3.63) is 23.2 Å². The largest absolute Gasteiger partial charge is 0.369 e. The van der Waals surface area contributed by atoms with Crippen LogP contribution < -0.4 is 5.73 Å². The summed E-state index contributed by atoms with van der Waals surface area (Å²) in [6.07, 6.45) is 2.62. The number of benzene rings is 1. The molecule has 0 amide bonds. The van der Waals surface area contributed by atoms with Gasteiger partial charge in [0.05, 0.1) is 10.5 Å². The minimum absolute atomic E-state index is 0.436. The average molecular weight is 279 g/mol. The highest BCUT2D eigenvalue weighted by Crippen LogP contribution is 2.29. The Bertz CT molecular complexity index is 603. The van der Waals surface area contributed by atoms with Crippen molar-refractivity contribution in [2.75, 3.05) is 12.8 Å². The molecular formula is C14H19ClN4. The Morgan fingerprint density at radius 3 is 2.95 bits per heavy atom. The number of hydrogen-bond acceptors (Lipinski definition) is 3. The topological polar surface area (TPSA) is 47.1 Å². The molecule has 2 N–H and O–H groups in total. The third-order valence-electron chi connectivity index (χ3n) is 4.02. The number of hydrogen-bond donors (Lipinski definition) is 1. The lowest BCUT2D eigenvalue weighted by atomic mass is 10.2. The first-order chi connectivity index (χ1) is 9.08. The summed E-state index contributed by atoms with van der Waals surface area (Å²) in [5, 5.41) is 0.658. The Hall–Kier alpha value is -1.26. The van der Waals surface area contributed by atoms with Gasteiger partial charge in [0.2, 0.25) is 5.95 Å². The summed E-state index contributed by atoms with van der Waals surface area (Å²) in [4.78, 5) is 6.80. The first kappa shape index (κ1) is 12.8. The predicted molar refractivity (Wildman–Crippen MR) is 79.4 cm³/mol. The van der Waals surface area contributed by atoms with E-state index in [0.29, 0.717) is 17.0 Å². The van der Waals surface area contributed by atoms with Gasteiger partial charge >= 0.3 is 0 Å². The molecule has 1 aromatic heterocycles. The van der Waals surface area contributed by atoms with Crippen LogP contribution in [0.4, 0.5) is 5.95 Å². The van der Waals surface area contributed by atoms with Crippen LogP contribution in [0.1, 0.15) is 19.8 Å². The minimum atomic E-state index is 0.436. The Morgan fingerprint density at radius 1 is 1.53 bits per heavy atom. The summed E-state index contributed by atoms with van der Waals surface area (Å²) in [6.45, 7) is 3.07. The maximum absolute atomic E-state index is 6.16. The van der Waals surface area contributed by atoms with E-state index in [2.05, 4.69) is 28.4 Å². The van der Waals surface area contributed by atoms with Crippen LogP contribution in [0.25, 0.3) is 11.0 Å². The summed E-state index contributed by atoms with van der Waals surface area (Å²) in [6, 6.07) is 6.99. The van der Waals surface area contributed by atoms with E-state index in [9.17, 15) is 0 Å². The highest BCUT2D eigenvalue weighted by molar-refractivity contribution is 6.35. The lowest BCUT2D eigenvalue weighted by Gasteiger charge is -2.25. The first-order valence-electron chi connectivity index (χ1n) is 6.70. The number of anilines is 1. The van der Waals surface area contributed by atoms with Crippen LogP contribution in [-0.4, -0.2) is 33.6 Å². The van der Waals surface area contributed by atoms with Crippen molar-refractivity contribution < 1.29 is 0 Å². The molecule has 1 saturated carbocycles. The van der Waals surface area contributed by atoms with Gasteiger partial charge < -0.3 is 10.3 Å². The summed E-state index contributed by atoms with van der Waals surface area (Å²) in [5.41, 5.74) is 7.85. The van der Waals surface area contributed by atoms with Gasteiger partial charge in [-0.2, -0.15) is 0 Å². The normalized spacial score (nSPS) is 17.3. The Labute approximate surface area is 118 Å². The fourth-order valence-electron chi connectivity index (χ4n) is 2.56. The molecule has 0 saturated heterocycles. The van der Waals surface area contributed by atoms with Gasteiger partial charge in [-0.15, -0.1) is 0 Å². The Morgan fingerprint density at radius 2 is 2.26 bits per heavy atom. The number of halogens is 1. The van der Waals surface area contributed by atoms with E-state index in [1.165, 1.54) is 12.8 Å². The number of nitrogens with zero attached hydrogens (tertiary/aromatic N) is 3. The predicted octanol–water partition coefficient (Wildman–Crippen LogP) is 2.75. The molecule has 2 aromatic rings. The quantitative estimate of drug-likeness (QED) is 0.935. The maximum atomic E-state index is 6.16. The van der Waals surface area contributed by atoms with Crippen molar-refractivity contribution in [1.82, 2.24) is 14.5 Å². The van der Waals surface area contributed by atoms with Crippen LogP contribution >= 0.6 is 11.6 Å². The van der Waals surface area contributed by atoms with Gasteiger partial charge in [0, 0.05) is 18.6 Å². The first-order valence-corrected chi connectivity index (χ1v) is 7.08. The minimum Gasteiger partial charge on any atom is -0.369 e. The number of fused-ring (bicyclic) bond motifs is 1. The zero-order chi connectivity index (χ0) is 13.6. The summed E-state index contributed by atoms with van der Waals surface area (Å²) >= 11 is 6.16. The van der Waals surface area contributed by atoms with Crippen molar-refractivity contribution in [2.24, 2.45) is 0 Å². The van der Waals surface area contributed by atoms with Crippen molar-refractivity contribution in [3.8, 4) is 0 Å². The van der Waals surface area contributed by atoms with Gasteiger partial charge in [0.15, 0.2) is 0 Å². The van der Waals surface area contributed by atoms with Gasteiger partial charge in [0.25, 0.3) is 0 Å². The van der Waals surface area contributed by atoms with E-state index in [-0.39, 0.29) is 0 Å². The molecule has 1 aromatic carbocycles. The van der Waals surface area contributed by atoms with Crippen LogP contribution in [-0.2, 0) is 6.54 Å². The number of imidazole rings is 1. The van der Waals surface area contributed by atoms with Crippen LogP contribution in [0.2, 0.25) is 5.02 Å². The average Bonchev–Trinajstić information content (AvgIpc) is 3.17. The number of para-hydroxylation sites is 1. The van der Waals surface area contributed by atoms with Crippen LogP contribution in [0.5, 0.6) is 0 Å². The van der Waals surface area contributed by atoms with Gasteiger partial charge in [-0.05, 0) is 38.9 Å².